The van der Waals surface area contributed by atoms with Gasteiger partial charge in [0.2, 0.25) is 5.91 Å². The van der Waals surface area contributed by atoms with Gasteiger partial charge >= 0.3 is 0 Å². The van der Waals surface area contributed by atoms with E-state index in [2.05, 4.69) is 11.8 Å². The second-order valence-electron chi connectivity index (χ2n) is 7.84. The van der Waals surface area contributed by atoms with Crippen LogP contribution >= 0.6 is 0 Å². The van der Waals surface area contributed by atoms with E-state index in [0.29, 0.717) is 6.54 Å². The van der Waals surface area contributed by atoms with Crippen LogP contribution in [0.4, 0.5) is 5.69 Å². The molecule has 1 aromatic carbocycles. The summed E-state index contributed by atoms with van der Waals surface area (Å²) in [6.07, 6.45) is 0.246. The number of fused-ring (bicyclic) bond motifs is 1. The molecular weight excluding hydrogens is 330 g/mol. The lowest BCUT2D eigenvalue weighted by Crippen LogP contribution is -2.47. The molecule has 1 aromatic rings. The molecule has 0 saturated carbocycles. The zero-order valence-corrected chi connectivity index (χ0v) is 16.9. The minimum Gasteiger partial charge on any atom is -0.488 e. The molecular formula is C20H33N3O3. The Hall–Kier alpha value is -1.79. The number of nitrogens with zero attached hydrogens (tertiary/aromatic N) is 3. The number of benzene rings is 1. The van der Waals surface area contributed by atoms with Crippen molar-refractivity contribution >= 4 is 11.6 Å². The number of rotatable bonds is 5. The quantitative estimate of drug-likeness (QED) is 0.858. The first-order valence-corrected chi connectivity index (χ1v) is 9.24. The summed E-state index contributed by atoms with van der Waals surface area (Å²) in [7, 11) is 8.02. The molecule has 1 aliphatic heterocycles. The second kappa shape index (κ2) is 8.73. The van der Waals surface area contributed by atoms with Crippen molar-refractivity contribution in [1.82, 2.24) is 9.80 Å². The van der Waals surface area contributed by atoms with Crippen molar-refractivity contribution in [3.05, 3.63) is 23.8 Å². The van der Waals surface area contributed by atoms with Crippen molar-refractivity contribution in [3.63, 3.8) is 0 Å². The predicted octanol–water partition coefficient (Wildman–Crippen LogP) is 1.46. The summed E-state index contributed by atoms with van der Waals surface area (Å²) in [6, 6.07) is 5.81. The van der Waals surface area contributed by atoms with Gasteiger partial charge in [-0.2, -0.15) is 0 Å². The van der Waals surface area contributed by atoms with Crippen molar-refractivity contribution in [3.8, 4) is 5.75 Å². The van der Waals surface area contributed by atoms with Gasteiger partial charge in [0.15, 0.2) is 0 Å². The summed E-state index contributed by atoms with van der Waals surface area (Å²) in [5.41, 5.74) is 1.94. The number of anilines is 1. The van der Waals surface area contributed by atoms with Crippen LogP contribution in [0, 0.1) is 5.92 Å². The molecule has 0 spiro atoms. The summed E-state index contributed by atoms with van der Waals surface area (Å²) in [6.45, 7) is 5.31. The fourth-order valence-electron chi connectivity index (χ4n) is 3.27. The number of hydrogen-bond acceptors (Lipinski definition) is 5. The van der Waals surface area contributed by atoms with Gasteiger partial charge in [-0.05, 0) is 39.2 Å². The van der Waals surface area contributed by atoms with Crippen molar-refractivity contribution in [2.75, 3.05) is 52.8 Å². The summed E-state index contributed by atoms with van der Waals surface area (Å²) in [5.74, 6) is 0.959. The van der Waals surface area contributed by atoms with E-state index >= 15 is 0 Å². The van der Waals surface area contributed by atoms with Crippen LogP contribution in [-0.2, 0) is 11.2 Å². The summed E-state index contributed by atoms with van der Waals surface area (Å²) in [5, 5.41) is 9.61. The Kier molecular flexibility index (Phi) is 6.89. The second-order valence-corrected chi connectivity index (χ2v) is 7.84. The molecule has 0 radical (unpaired) electrons. The van der Waals surface area contributed by atoms with Crippen molar-refractivity contribution in [2.24, 2.45) is 5.92 Å². The van der Waals surface area contributed by atoms with E-state index in [0.717, 1.165) is 23.5 Å². The molecule has 2 rings (SSSR count). The average Bonchev–Trinajstić information content (AvgIpc) is 2.62. The molecule has 6 heteroatoms. The minimum absolute atomic E-state index is 0.0321. The van der Waals surface area contributed by atoms with Crippen LogP contribution in [-0.4, -0.2) is 80.8 Å². The molecule has 146 valence electrons. The first-order valence-electron chi connectivity index (χ1n) is 9.24. The molecule has 6 nitrogen and oxygen atoms in total. The Morgan fingerprint density at radius 3 is 2.58 bits per heavy atom. The average molecular weight is 364 g/mol. The monoisotopic (exact) mass is 363 g/mol. The predicted molar refractivity (Wildman–Crippen MR) is 105 cm³/mol. The van der Waals surface area contributed by atoms with Crippen molar-refractivity contribution < 1.29 is 14.6 Å². The first-order chi connectivity index (χ1) is 12.2. The van der Waals surface area contributed by atoms with Gasteiger partial charge < -0.3 is 24.5 Å². The molecule has 0 aromatic heterocycles. The lowest BCUT2D eigenvalue weighted by molar-refractivity contribution is -0.134. The molecule has 0 fully saturated rings. The zero-order chi connectivity index (χ0) is 19.4. The van der Waals surface area contributed by atoms with Crippen LogP contribution in [0.1, 0.15) is 19.4 Å². The normalized spacial score (nSPS) is 22.2. The lowest BCUT2D eigenvalue weighted by Gasteiger charge is -2.33. The van der Waals surface area contributed by atoms with Gasteiger partial charge in [-0.15, -0.1) is 0 Å². The van der Waals surface area contributed by atoms with E-state index in [-0.39, 0.29) is 37.0 Å². The number of amides is 1. The lowest BCUT2D eigenvalue weighted by atomic mass is 10.0. The fourth-order valence-corrected chi connectivity index (χ4v) is 3.27. The summed E-state index contributed by atoms with van der Waals surface area (Å²) < 4.78 is 6.38. The Morgan fingerprint density at radius 2 is 2.00 bits per heavy atom. The Morgan fingerprint density at radius 1 is 1.31 bits per heavy atom. The summed E-state index contributed by atoms with van der Waals surface area (Å²) in [4.78, 5) is 18.9. The molecule has 1 heterocycles. The standard InChI is InChI=1S/C20H33N3O3/c1-14-11-23(15(2)13-24)20(25)10-16-9-17(22(5)6)7-8-18(16)26-19(14)12-21(3)4/h7-9,14-15,19,24H,10-13H2,1-6H3/t14-,15-,19-/m0/s1. The van der Waals surface area contributed by atoms with Gasteiger partial charge in [-0.3, -0.25) is 4.79 Å². The van der Waals surface area contributed by atoms with Gasteiger partial charge in [0, 0.05) is 44.4 Å². The minimum atomic E-state index is -0.205. The number of aliphatic hydroxyl groups is 1. The third kappa shape index (κ3) is 4.89. The van der Waals surface area contributed by atoms with Gasteiger partial charge in [0.1, 0.15) is 11.9 Å². The van der Waals surface area contributed by atoms with E-state index in [1.807, 2.05) is 58.2 Å². The number of ether oxygens (including phenoxy) is 1. The Balaban J connectivity index is 2.45. The van der Waals surface area contributed by atoms with Gasteiger partial charge in [-0.25, -0.2) is 0 Å². The van der Waals surface area contributed by atoms with Crippen molar-refractivity contribution in [2.45, 2.75) is 32.4 Å². The zero-order valence-electron chi connectivity index (χ0n) is 16.9. The third-order valence-corrected chi connectivity index (χ3v) is 4.96. The van der Waals surface area contributed by atoms with Crippen LogP contribution in [0.25, 0.3) is 0 Å². The first kappa shape index (κ1) is 20.5. The maximum atomic E-state index is 13.0. The fraction of sp³-hybridized carbons (Fsp3) is 0.650. The number of carbonyl (C=O) groups is 1. The van der Waals surface area contributed by atoms with Crippen LogP contribution in [0.5, 0.6) is 5.75 Å². The molecule has 0 saturated heterocycles. The number of hydrogen-bond donors (Lipinski definition) is 1. The highest BCUT2D eigenvalue weighted by Gasteiger charge is 2.30. The van der Waals surface area contributed by atoms with Gasteiger partial charge in [0.05, 0.1) is 19.1 Å². The van der Waals surface area contributed by atoms with E-state index in [1.54, 1.807) is 4.90 Å². The van der Waals surface area contributed by atoms with Crippen LogP contribution < -0.4 is 9.64 Å². The maximum Gasteiger partial charge on any atom is 0.227 e. The highest BCUT2D eigenvalue weighted by molar-refractivity contribution is 5.80. The van der Waals surface area contributed by atoms with Crippen LogP contribution in [0.3, 0.4) is 0 Å². The molecule has 26 heavy (non-hydrogen) atoms. The highest BCUT2D eigenvalue weighted by atomic mass is 16.5. The molecule has 1 aliphatic rings. The van der Waals surface area contributed by atoms with Gasteiger partial charge in [-0.1, -0.05) is 6.92 Å². The Labute approximate surface area is 157 Å². The van der Waals surface area contributed by atoms with E-state index in [4.69, 9.17) is 4.74 Å². The molecule has 0 aliphatic carbocycles. The molecule has 1 amide bonds. The van der Waals surface area contributed by atoms with Gasteiger partial charge in [0.25, 0.3) is 0 Å². The largest absolute Gasteiger partial charge is 0.488 e. The highest BCUT2D eigenvalue weighted by Crippen LogP contribution is 2.29. The molecule has 3 atom stereocenters. The van der Waals surface area contributed by atoms with Crippen LogP contribution in [0.2, 0.25) is 0 Å². The van der Waals surface area contributed by atoms with Crippen molar-refractivity contribution in [1.29, 1.82) is 0 Å². The van der Waals surface area contributed by atoms with E-state index in [1.165, 1.54) is 0 Å². The topological polar surface area (TPSA) is 56.3 Å². The third-order valence-electron chi connectivity index (χ3n) is 4.96. The number of carbonyl (C=O) groups excluding carboxylic acids is 1. The Bertz CT molecular complexity index is 618. The molecule has 1 N–H and O–H groups in total. The van der Waals surface area contributed by atoms with Crippen LogP contribution in [0.15, 0.2) is 18.2 Å². The summed E-state index contributed by atoms with van der Waals surface area (Å²) >= 11 is 0. The SMILES string of the molecule is C[C@H]1CN([C@@H](C)CO)C(=O)Cc2cc(N(C)C)ccc2O[C@H]1CN(C)C. The molecule has 0 bridgehead atoms. The maximum absolute atomic E-state index is 13.0. The van der Waals surface area contributed by atoms with E-state index < -0.39 is 0 Å². The number of aliphatic hydroxyl groups excluding tert-OH is 1. The number of likely N-dealkylation sites (N-methyl/N-ethyl adjacent to an activating group) is 1. The van der Waals surface area contributed by atoms with E-state index in [9.17, 15) is 9.90 Å². The smallest absolute Gasteiger partial charge is 0.227 e. The molecule has 0 unspecified atom stereocenters.